The molecule has 8 nitrogen and oxygen atoms in total. The molecule has 0 atom stereocenters. The number of piperidine rings is 1. The van der Waals surface area contributed by atoms with E-state index in [-0.39, 0.29) is 4.90 Å². The minimum Gasteiger partial charge on any atom is -0.497 e. The van der Waals surface area contributed by atoms with Crippen molar-refractivity contribution in [3.05, 3.63) is 83.9 Å². The summed E-state index contributed by atoms with van der Waals surface area (Å²) in [6.45, 7) is 3.15. The van der Waals surface area contributed by atoms with Crippen molar-refractivity contribution in [2.75, 3.05) is 25.2 Å². The number of rotatable bonds is 7. The molecular weight excluding hydrogens is 520 g/mol. The Morgan fingerprint density at radius 3 is 2.47 bits per heavy atom. The summed E-state index contributed by atoms with van der Waals surface area (Å²) in [6, 6.07) is 21.0. The number of carbonyl (C=O) groups excluding carboxylic acids is 1. The van der Waals surface area contributed by atoms with E-state index in [9.17, 15) is 13.2 Å². The topological polar surface area (TPSA) is 92.2 Å². The van der Waals surface area contributed by atoms with Gasteiger partial charge < -0.3 is 4.74 Å². The summed E-state index contributed by atoms with van der Waals surface area (Å²) in [4.78, 5) is 18.5. The second kappa shape index (κ2) is 11.0. The highest BCUT2D eigenvalue weighted by Crippen LogP contribution is 2.33. The van der Waals surface area contributed by atoms with Crippen molar-refractivity contribution in [3.63, 3.8) is 0 Å². The number of nitrogens with zero attached hydrogens (tertiary/aromatic N) is 4. The molecule has 1 fully saturated rings. The molecule has 5 rings (SSSR count). The molecule has 0 bridgehead atoms. The number of methoxy groups -OCH3 is 1. The zero-order valence-corrected chi connectivity index (χ0v) is 22.8. The van der Waals surface area contributed by atoms with Crippen LogP contribution in [0.5, 0.6) is 5.75 Å². The number of aromatic nitrogens is 1. The number of hydrogen-bond acceptors (Lipinski definition) is 7. The van der Waals surface area contributed by atoms with Gasteiger partial charge in [-0.25, -0.2) is 13.4 Å². The Morgan fingerprint density at radius 2 is 1.79 bits per heavy atom. The maximum atomic E-state index is 13.7. The van der Waals surface area contributed by atoms with E-state index >= 15 is 0 Å². The maximum Gasteiger partial charge on any atom is 0.280 e. The van der Waals surface area contributed by atoms with Crippen LogP contribution in [0, 0.1) is 5.92 Å². The van der Waals surface area contributed by atoms with Crippen LogP contribution in [0.1, 0.15) is 35.7 Å². The molecule has 196 valence electrons. The standard InChI is InChI=1S/C28H28N4O4S2/c1-20-14-16-31(17-15-20)38(34,35)24-11-8-22(9-12-24)27(33)32(29-19-21-6-4-3-5-7-21)28-30-25-13-10-23(36-2)18-26(25)37-28/h3-13,18-20H,14-17H2,1-2H3/b29-19+. The van der Waals surface area contributed by atoms with Crippen LogP contribution in [0.3, 0.4) is 0 Å². The van der Waals surface area contributed by atoms with Gasteiger partial charge in [0.1, 0.15) is 5.75 Å². The van der Waals surface area contributed by atoms with Crippen molar-refractivity contribution < 1.29 is 17.9 Å². The minimum absolute atomic E-state index is 0.176. The average molecular weight is 549 g/mol. The van der Waals surface area contributed by atoms with E-state index in [4.69, 9.17) is 4.74 Å². The molecule has 0 radical (unpaired) electrons. The number of amides is 1. The number of hydrazone groups is 1. The third-order valence-electron chi connectivity index (χ3n) is 6.56. The second-order valence-electron chi connectivity index (χ2n) is 9.21. The fraction of sp³-hybridized carbons (Fsp3) is 0.250. The number of hydrogen-bond donors (Lipinski definition) is 0. The van der Waals surface area contributed by atoms with Gasteiger partial charge in [0.2, 0.25) is 15.2 Å². The van der Waals surface area contributed by atoms with Crippen LogP contribution >= 0.6 is 11.3 Å². The Bertz CT molecular complexity index is 1560. The molecule has 0 unspecified atom stereocenters. The Hall–Kier alpha value is -3.60. The number of anilines is 1. The molecule has 0 saturated carbocycles. The first-order valence-electron chi connectivity index (χ1n) is 12.3. The molecule has 0 N–H and O–H groups in total. The van der Waals surface area contributed by atoms with Gasteiger partial charge in [0.15, 0.2) is 0 Å². The zero-order chi connectivity index (χ0) is 26.7. The van der Waals surface area contributed by atoms with Gasteiger partial charge in [-0.1, -0.05) is 48.6 Å². The van der Waals surface area contributed by atoms with Gasteiger partial charge in [0.25, 0.3) is 5.91 Å². The lowest BCUT2D eigenvalue weighted by atomic mass is 10.0. The summed E-state index contributed by atoms with van der Waals surface area (Å²) >= 11 is 1.32. The van der Waals surface area contributed by atoms with Gasteiger partial charge in [-0.3, -0.25) is 4.79 Å². The monoisotopic (exact) mass is 548 g/mol. The maximum absolute atomic E-state index is 13.7. The lowest BCUT2D eigenvalue weighted by Crippen LogP contribution is -2.37. The van der Waals surface area contributed by atoms with E-state index in [2.05, 4.69) is 17.0 Å². The average Bonchev–Trinajstić information content (AvgIpc) is 3.37. The van der Waals surface area contributed by atoms with Gasteiger partial charge in [0, 0.05) is 18.7 Å². The Kier molecular flexibility index (Phi) is 7.55. The van der Waals surface area contributed by atoms with E-state index < -0.39 is 15.9 Å². The summed E-state index contributed by atoms with van der Waals surface area (Å²) < 4.78 is 34.0. The van der Waals surface area contributed by atoms with Crippen molar-refractivity contribution in [1.29, 1.82) is 0 Å². The molecule has 1 amide bonds. The summed E-state index contributed by atoms with van der Waals surface area (Å²) in [7, 11) is -2.02. The van der Waals surface area contributed by atoms with Gasteiger partial charge in [-0.2, -0.15) is 14.4 Å². The van der Waals surface area contributed by atoms with Crippen molar-refractivity contribution in [2.24, 2.45) is 11.0 Å². The van der Waals surface area contributed by atoms with Crippen LogP contribution in [-0.4, -0.2) is 50.0 Å². The molecule has 38 heavy (non-hydrogen) atoms. The fourth-order valence-electron chi connectivity index (χ4n) is 4.23. The SMILES string of the molecule is COc1ccc2nc(N(/N=C/c3ccccc3)C(=O)c3ccc(S(=O)(=O)N4CCC(C)CC4)cc3)sc2c1. The highest BCUT2D eigenvalue weighted by atomic mass is 32.2. The van der Waals surface area contributed by atoms with Crippen molar-refractivity contribution in [1.82, 2.24) is 9.29 Å². The second-order valence-corrected chi connectivity index (χ2v) is 12.2. The van der Waals surface area contributed by atoms with Crippen LogP contribution in [0.25, 0.3) is 10.2 Å². The zero-order valence-electron chi connectivity index (χ0n) is 21.1. The van der Waals surface area contributed by atoms with E-state index in [1.54, 1.807) is 13.3 Å². The summed E-state index contributed by atoms with van der Waals surface area (Å²) in [6.07, 6.45) is 3.29. The molecule has 1 aliphatic rings. The Morgan fingerprint density at radius 1 is 1.08 bits per heavy atom. The van der Waals surface area contributed by atoms with Crippen molar-refractivity contribution in [2.45, 2.75) is 24.7 Å². The molecule has 1 aromatic heterocycles. The summed E-state index contributed by atoms with van der Waals surface area (Å²) in [5.74, 6) is 0.796. The van der Waals surface area contributed by atoms with E-state index in [0.29, 0.717) is 35.5 Å². The molecule has 0 aliphatic carbocycles. The van der Waals surface area contributed by atoms with Crippen molar-refractivity contribution in [3.8, 4) is 5.75 Å². The van der Waals surface area contributed by atoms with Gasteiger partial charge in [0.05, 0.1) is 28.4 Å². The molecule has 2 heterocycles. The van der Waals surface area contributed by atoms with Crippen LogP contribution in [0.4, 0.5) is 5.13 Å². The molecule has 1 saturated heterocycles. The first-order chi connectivity index (χ1) is 18.3. The molecular formula is C28H28N4O4S2. The molecule has 10 heteroatoms. The summed E-state index contributed by atoms with van der Waals surface area (Å²) in [5, 5.41) is 6.12. The normalized spacial score (nSPS) is 15.2. The van der Waals surface area contributed by atoms with Crippen LogP contribution in [-0.2, 0) is 10.0 Å². The predicted molar refractivity (Wildman–Crippen MR) is 151 cm³/mol. The van der Waals surface area contributed by atoms with Crippen LogP contribution < -0.4 is 9.75 Å². The number of sulfonamides is 1. The number of benzene rings is 3. The van der Waals surface area contributed by atoms with Crippen LogP contribution in [0.2, 0.25) is 0 Å². The lowest BCUT2D eigenvalue weighted by Gasteiger charge is -2.29. The van der Waals surface area contributed by atoms with Gasteiger partial charge in [-0.05, 0) is 66.8 Å². The number of carbonyl (C=O) groups is 1. The highest BCUT2D eigenvalue weighted by Gasteiger charge is 2.29. The fourth-order valence-corrected chi connectivity index (χ4v) is 6.65. The van der Waals surface area contributed by atoms with Crippen molar-refractivity contribution >= 4 is 48.8 Å². The Balaban J connectivity index is 1.46. The predicted octanol–water partition coefficient (Wildman–Crippen LogP) is 5.41. The first kappa shape index (κ1) is 26.0. The molecule has 0 spiro atoms. The van der Waals surface area contributed by atoms with E-state index in [1.807, 2.05) is 48.5 Å². The number of ether oxygens (including phenoxy) is 1. The first-order valence-corrected chi connectivity index (χ1v) is 14.6. The summed E-state index contributed by atoms with van der Waals surface area (Å²) in [5.41, 5.74) is 1.85. The minimum atomic E-state index is -3.61. The van der Waals surface area contributed by atoms with E-state index in [0.717, 1.165) is 28.6 Å². The highest BCUT2D eigenvalue weighted by molar-refractivity contribution is 7.89. The molecule has 1 aliphatic heterocycles. The quantitative estimate of drug-likeness (QED) is 0.228. The van der Waals surface area contributed by atoms with Gasteiger partial charge in [-0.15, -0.1) is 0 Å². The molecule has 3 aromatic carbocycles. The van der Waals surface area contributed by atoms with E-state index in [1.165, 1.54) is 44.9 Å². The third-order valence-corrected chi connectivity index (χ3v) is 9.47. The number of fused-ring (bicyclic) bond motifs is 1. The third kappa shape index (κ3) is 5.47. The lowest BCUT2D eigenvalue weighted by molar-refractivity contribution is 0.0987. The largest absolute Gasteiger partial charge is 0.497 e. The smallest absolute Gasteiger partial charge is 0.280 e. The van der Waals surface area contributed by atoms with Gasteiger partial charge >= 0.3 is 0 Å². The Labute approximate surface area is 226 Å². The number of thiazole rings is 1. The molecule has 4 aromatic rings. The van der Waals surface area contributed by atoms with Crippen LogP contribution in [0.15, 0.2) is 82.8 Å².